The summed E-state index contributed by atoms with van der Waals surface area (Å²) in [5.41, 5.74) is 0.396. The molecule has 0 spiro atoms. The molecule has 0 unspecified atom stereocenters. The van der Waals surface area contributed by atoms with Crippen LogP contribution in [0.3, 0.4) is 0 Å². The molecule has 0 aliphatic heterocycles. The summed E-state index contributed by atoms with van der Waals surface area (Å²) in [6, 6.07) is 11.8. The minimum atomic E-state index is -0.516. The van der Waals surface area contributed by atoms with E-state index < -0.39 is 18.5 Å². The van der Waals surface area contributed by atoms with Gasteiger partial charge in [0.25, 0.3) is 5.91 Å². The topological polar surface area (TPSA) is 55.4 Å². The van der Waals surface area contributed by atoms with E-state index in [0.29, 0.717) is 20.8 Å². The standard InChI is InChI=1S/C16H12Cl3NO3S/c17-10-5-6-13(12(19)7-10)20-15(21)8-23-16(22)9-24-14-4-2-1-3-11(14)18/h1-7H,8-9H2,(H,20,21). The summed E-state index contributed by atoms with van der Waals surface area (Å²) in [5, 5.41) is 3.86. The van der Waals surface area contributed by atoms with Gasteiger partial charge in [-0.15, -0.1) is 11.8 Å². The van der Waals surface area contributed by atoms with Gasteiger partial charge in [0.1, 0.15) is 0 Å². The highest BCUT2D eigenvalue weighted by Crippen LogP contribution is 2.27. The molecule has 2 rings (SSSR count). The van der Waals surface area contributed by atoms with Crippen molar-refractivity contribution in [3.63, 3.8) is 0 Å². The molecular weight excluding hydrogens is 393 g/mol. The number of carbonyl (C=O) groups is 2. The SMILES string of the molecule is O=C(COC(=O)CSc1ccccc1Cl)Nc1ccc(Cl)cc1Cl. The zero-order valence-corrected chi connectivity index (χ0v) is 15.3. The second-order valence-electron chi connectivity index (χ2n) is 4.55. The Morgan fingerprint density at radius 2 is 1.79 bits per heavy atom. The number of nitrogens with one attached hydrogen (secondary N) is 1. The number of rotatable bonds is 6. The Morgan fingerprint density at radius 1 is 1.04 bits per heavy atom. The van der Waals surface area contributed by atoms with Gasteiger partial charge in [-0.05, 0) is 30.3 Å². The monoisotopic (exact) mass is 403 g/mol. The first-order chi connectivity index (χ1) is 11.5. The van der Waals surface area contributed by atoms with Crippen LogP contribution in [0, 0.1) is 0 Å². The van der Waals surface area contributed by atoms with Crippen molar-refractivity contribution in [2.75, 3.05) is 17.7 Å². The third-order valence-corrected chi connectivity index (χ3v) is 4.79. The van der Waals surface area contributed by atoms with Crippen molar-refractivity contribution in [3.05, 3.63) is 57.5 Å². The molecule has 8 heteroatoms. The maximum Gasteiger partial charge on any atom is 0.316 e. The van der Waals surface area contributed by atoms with Gasteiger partial charge in [-0.3, -0.25) is 9.59 Å². The third-order valence-electron chi connectivity index (χ3n) is 2.75. The Balaban J connectivity index is 1.77. The first-order valence-electron chi connectivity index (χ1n) is 6.73. The molecule has 24 heavy (non-hydrogen) atoms. The molecule has 0 fully saturated rings. The Hall–Kier alpha value is -1.40. The number of hydrogen-bond donors (Lipinski definition) is 1. The molecule has 0 bridgehead atoms. The van der Waals surface area contributed by atoms with E-state index in [9.17, 15) is 9.59 Å². The van der Waals surface area contributed by atoms with Crippen LogP contribution in [0.25, 0.3) is 0 Å². The average molecular weight is 405 g/mol. The Morgan fingerprint density at radius 3 is 2.50 bits per heavy atom. The molecule has 2 aromatic carbocycles. The number of esters is 1. The molecule has 0 saturated carbocycles. The van der Waals surface area contributed by atoms with Crippen molar-refractivity contribution < 1.29 is 14.3 Å². The fraction of sp³-hybridized carbons (Fsp3) is 0.125. The molecule has 0 atom stereocenters. The Bertz CT molecular complexity index is 755. The molecule has 0 saturated heterocycles. The predicted octanol–water partition coefficient (Wildman–Crippen LogP) is 4.92. The molecule has 0 heterocycles. The van der Waals surface area contributed by atoms with Gasteiger partial charge in [-0.1, -0.05) is 46.9 Å². The van der Waals surface area contributed by atoms with Crippen molar-refractivity contribution >= 4 is 64.1 Å². The molecule has 1 N–H and O–H groups in total. The highest BCUT2D eigenvalue weighted by Gasteiger charge is 2.11. The van der Waals surface area contributed by atoms with Gasteiger partial charge < -0.3 is 10.1 Å². The van der Waals surface area contributed by atoms with E-state index in [4.69, 9.17) is 39.5 Å². The molecule has 0 aliphatic rings. The lowest BCUT2D eigenvalue weighted by Gasteiger charge is -2.08. The summed E-state index contributed by atoms with van der Waals surface area (Å²) in [4.78, 5) is 24.2. The normalized spacial score (nSPS) is 10.3. The van der Waals surface area contributed by atoms with Crippen LogP contribution in [-0.4, -0.2) is 24.2 Å². The molecule has 0 aromatic heterocycles. The first kappa shape index (κ1) is 18.9. The second-order valence-corrected chi connectivity index (χ2v) is 6.82. The molecule has 1 amide bonds. The number of halogens is 3. The smallest absolute Gasteiger partial charge is 0.316 e. The molecule has 0 aliphatic carbocycles. The van der Waals surface area contributed by atoms with E-state index in [0.717, 1.165) is 4.90 Å². The van der Waals surface area contributed by atoms with Crippen molar-refractivity contribution in [2.45, 2.75) is 4.90 Å². The van der Waals surface area contributed by atoms with Gasteiger partial charge in [0.15, 0.2) is 6.61 Å². The molecule has 126 valence electrons. The fourth-order valence-electron chi connectivity index (χ4n) is 1.66. The van der Waals surface area contributed by atoms with Crippen molar-refractivity contribution in [1.82, 2.24) is 0 Å². The van der Waals surface area contributed by atoms with E-state index in [2.05, 4.69) is 5.32 Å². The van der Waals surface area contributed by atoms with Gasteiger partial charge in [-0.25, -0.2) is 0 Å². The van der Waals surface area contributed by atoms with Crippen LogP contribution in [-0.2, 0) is 14.3 Å². The number of anilines is 1. The van der Waals surface area contributed by atoms with Gasteiger partial charge in [-0.2, -0.15) is 0 Å². The van der Waals surface area contributed by atoms with E-state index in [-0.39, 0.29) is 5.75 Å². The van der Waals surface area contributed by atoms with E-state index in [1.165, 1.54) is 17.8 Å². The minimum absolute atomic E-state index is 0.0543. The number of thioether (sulfide) groups is 1. The van der Waals surface area contributed by atoms with Crippen LogP contribution < -0.4 is 5.32 Å². The van der Waals surface area contributed by atoms with Crippen LogP contribution in [0.4, 0.5) is 5.69 Å². The van der Waals surface area contributed by atoms with Gasteiger partial charge in [0.2, 0.25) is 0 Å². The average Bonchev–Trinajstić information content (AvgIpc) is 2.55. The summed E-state index contributed by atoms with van der Waals surface area (Å²) in [5.74, 6) is -0.953. The lowest BCUT2D eigenvalue weighted by Crippen LogP contribution is -2.21. The van der Waals surface area contributed by atoms with Gasteiger partial charge in [0.05, 0.1) is 21.5 Å². The van der Waals surface area contributed by atoms with Crippen LogP contribution in [0.15, 0.2) is 47.4 Å². The zero-order valence-electron chi connectivity index (χ0n) is 12.2. The van der Waals surface area contributed by atoms with Crippen LogP contribution in [0.5, 0.6) is 0 Å². The summed E-state index contributed by atoms with van der Waals surface area (Å²) < 4.78 is 4.92. The number of hydrogen-bond acceptors (Lipinski definition) is 4. The lowest BCUT2D eigenvalue weighted by molar-refractivity contribution is -0.144. The van der Waals surface area contributed by atoms with Crippen molar-refractivity contribution in [3.8, 4) is 0 Å². The molecule has 4 nitrogen and oxygen atoms in total. The fourth-order valence-corrected chi connectivity index (χ4v) is 3.16. The van der Waals surface area contributed by atoms with E-state index in [1.807, 2.05) is 6.07 Å². The second kappa shape index (κ2) is 9.18. The van der Waals surface area contributed by atoms with Crippen LogP contribution >= 0.6 is 46.6 Å². The first-order valence-corrected chi connectivity index (χ1v) is 8.85. The van der Waals surface area contributed by atoms with Gasteiger partial charge >= 0.3 is 5.97 Å². The highest BCUT2D eigenvalue weighted by molar-refractivity contribution is 8.00. The molecular formula is C16H12Cl3NO3S. The maximum atomic E-state index is 11.8. The summed E-state index contributed by atoms with van der Waals surface area (Å²) in [6.07, 6.45) is 0. The highest BCUT2D eigenvalue weighted by atomic mass is 35.5. The minimum Gasteiger partial charge on any atom is -0.455 e. The summed E-state index contributed by atoms with van der Waals surface area (Å²) in [7, 11) is 0. The van der Waals surface area contributed by atoms with E-state index >= 15 is 0 Å². The van der Waals surface area contributed by atoms with Gasteiger partial charge in [0, 0.05) is 9.92 Å². The largest absolute Gasteiger partial charge is 0.455 e. The number of benzene rings is 2. The van der Waals surface area contributed by atoms with Crippen molar-refractivity contribution in [2.24, 2.45) is 0 Å². The molecule has 0 radical (unpaired) electrons. The van der Waals surface area contributed by atoms with Crippen LogP contribution in [0.1, 0.15) is 0 Å². The zero-order chi connectivity index (χ0) is 17.5. The number of ether oxygens (including phenoxy) is 1. The summed E-state index contributed by atoms with van der Waals surface area (Å²) >= 11 is 19.0. The number of amides is 1. The quantitative estimate of drug-likeness (QED) is 0.548. The van der Waals surface area contributed by atoms with E-state index in [1.54, 1.807) is 30.3 Å². The van der Waals surface area contributed by atoms with Crippen LogP contribution in [0.2, 0.25) is 15.1 Å². The predicted molar refractivity (Wildman–Crippen MR) is 98.2 cm³/mol. The lowest BCUT2D eigenvalue weighted by atomic mass is 10.3. The van der Waals surface area contributed by atoms with Crippen molar-refractivity contribution in [1.29, 1.82) is 0 Å². The third kappa shape index (κ3) is 5.91. The Labute approximate surface area is 158 Å². The number of carbonyl (C=O) groups excluding carboxylic acids is 2. The summed E-state index contributed by atoms with van der Waals surface area (Å²) in [6.45, 7) is -0.402. The Kier molecular flexibility index (Phi) is 7.24. The molecule has 2 aromatic rings. The maximum absolute atomic E-state index is 11.8.